The highest BCUT2D eigenvalue weighted by molar-refractivity contribution is 6.21. The van der Waals surface area contributed by atoms with Gasteiger partial charge in [0.15, 0.2) is 5.82 Å². The van der Waals surface area contributed by atoms with E-state index in [0.29, 0.717) is 11.6 Å². The number of benzene rings is 1. The molecule has 0 radical (unpaired) electrons. The van der Waals surface area contributed by atoms with Gasteiger partial charge in [0, 0.05) is 23.3 Å². The molecule has 0 fully saturated rings. The molecule has 1 aromatic carbocycles. The zero-order valence-corrected chi connectivity index (χ0v) is 17.9. The van der Waals surface area contributed by atoms with Crippen molar-refractivity contribution in [3.05, 3.63) is 42.2 Å². The van der Waals surface area contributed by atoms with E-state index in [1.54, 1.807) is 19.1 Å². The molecule has 2 aromatic rings. The second kappa shape index (κ2) is 11.8. The van der Waals surface area contributed by atoms with Crippen LogP contribution in [0.15, 0.2) is 36.7 Å². The Balaban J connectivity index is 1.89. The molecule has 0 aliphatic rings. The van der Waals surface area contributed by atoms with Crippen LogP contribution < -0.4 is 4.74 Å². The molecule has 0 amide bonds. The summed E-state index contributed by atoms with van der Waals surface area (Å²) in [6, 6.07) is 7.26. The van der Waals surface area contributed by atoms with Crippen LogP contribution >= 0.6 is 11.6 Å². The van der Waals surface area contributed by atoms with Crippen LogP contribution in [0.1, 0.15) is 64.9 Å². The minimum atomic E-state index is -0.343. The lowest BCUT2D eigenvalue weighted by Gasteiger charge is -2.15. The third kappa shape index (κ3) is 6.90. The summed E-state index contributed by atoms with van der Waals surface area (Å²) in [6.45, 7) is 5.97. The summed E-state index contributed by atoms with van der Waals surface area (Å²) in [4.78, 5) is 21.1. The molecule has 1 aromatic heterocycles. The largest absolute Gasteiger partial charge is 0.426 e. The third-order valence-electron chi connectivity index (χ3n) is 4.91. The number of rotatable bonds is 11. The van der Waals surface area contributed by atoms with E-state index in [0.717, 1.165) is 18.4 Å². The molecule has 2 rings (SSSR count). The van der Waals surface area contributed by atoms with E-state index < -0.39 is 0 Å². The number of alkyl halides is 1. The normalized spacial score (nSPS) is 13.1. The number of aryl methyl sites for hydroxylation is 1. The summed E-state index contributed by atoms with van der Waals surface area (Å²) in [7, 11) is 0. The van der Waals surface area contributed by atoms with E-state index >= 15 is 0 Å². The fourth-order valence-electron chi connectivity index (χ4n) is 2.95. The first-order valence-corrected chi connectivity index (χ1v) is 10.8. The second-order valence-corrected chi connectivity index (χ2v) is 7.80. The minimum Gasteiger partial charge on any atom is -0.426 e. The highest BCUT2D eigenvalue weighted by atomic mass is 35.5. The summed E-state index contributed by atoms with van der Waals surface area (Å²) in [6.07, 6.45) is 11.9. The number of aromatic nitrogens is 2. The number of carbonyl (C=O) groups is 1. The van der Waals surface area contributed by atoms with E-state index in [4.69, 9.17) is 16.3 Å². The number of unbranched alkanes of at least 4 members (excludes halogenated alkanes) is 4. The Labute approximate surface area is 173 Å². The first-order chi connectivity index (χ1) is 13.5. The number of hydrogen-bond acceptors (Lipinski definition) is 4. The minimum absolute atomic E-state index is 0.217. The molecule has 2 unspecified atom stereocenters. The molecule has 152 valence electrons. The molecule has 0 saturated carbocycles. The van der Waals surface area contributed by atoms with Crippen molar-refractivity contribution in [3.8, 4) is 17.1 Å². The first kappa shape index (κ1) is 22.4. The van der Waals surface area contributed by atoms with Gasteiger partial charge in [-0.2, -0.15) is 0 Å². The van der Waals surface area contributed by atoms with E-state index in [1.165, 1.54) is 37.7 Å². The van der Waals surface area contributed by atoms with Gasteiger partial charge in [0.2, 0.25) is 0 Å². The molecule has 0 saturated heterocycles. The number of halogens is 1. The Morgan fingerprint density at radius 2 is 1.68 bits per heavy atom. The zero-order chi connectivity index (χ0) is 20.4. The van der Waals surface area contributed by atoms with Crippen LogP contribution in [0.5, 0.6) is 5.75 Å². The average Bonchev–Trinajstić information content (AvgIpc) is 2.73. The Bertz CT molecular complexity index is 716. The van der Waals surface area contributed by atoms with Gasteiger partial charge in [-0.3, -0.25) is 4.79 Å². The van der Waals surface area contributed by atoms with Gasteiger partial charge in [-0.05, 0) is 49.1 Å². The van der Waals surface area contributed by atoms with Gasteiger partial charge in [0.05, 0.1) is 5.92 Å². The van der Waals surface area contributed by atoms with E-state index in [9.17, 15) is 4.79 Å². The smallest absolute Gasteiger partial charge is 0.315 e. The first-order valence-electron chi connectivity index (χ1n) is 10.3. The molecular formula is C23H31ClN2O2. The van der Waals surface area contributed by atoms with Crippen LogP contribution in [-0.4, -0.2) is 21.3 Å². The van der Waals surface area contributed by atoms with Crippen LogP contribution in [0.4, 0.5) is 0 Å². The monoisotopic (exact) mass is 402 g/mol. The van der Waals surface area contributed by atoms with E-state index in [1.807, 2.05) is 31.5 Å². The van der Waals surface area contributed by atoms with Crippen molar-refractivity contribution in [2.45, 2.75) is 71.1 Å². The van der Waals surface area contributed by atoms with Crippen molar-refractivity contribution >= 4 is 17.6 Å². The molecule has 0 N–H and O–H groups in total. The lowest BCUT2D eigenvalue weighted by molar-refractivity contribution is -0.138. The van der Waals surface area contributed by atoms with Crippen molar-refractivity contribution in [1.29, 1.82) is 0 Å². The van der Waals surface area contributed by atoms with Crippen LogP contribution in [0.25, 0.3) is 11.4 Å². The molecule has 0 aliphatic heterocycles. The van der Waals surface area contributed by atoms with Gasteiger partial charge in [-0.25, -0.2) is 9.97 Å². The highest BCUT2D eigenvalue weighted by Crippen LogP contribution is 2.22. The molecule has 2 atom stereocenters. The molecule has 0 bridgehead atoms. The predicted octanol–water partition coefficient (Wildman–Crippen LogP) is 6.22. The quantitative estimate of drug-likeness (QED) is 0.194. The van der Waals surface area contributed by atoms with Gasteiger partial charge in [-0.1, -0.05) is 46.5 Å². The molecule has 5 heteroatoms. The second-order valence-electron chi connectivity index (χ2n) is 7.24. The SMILES string of the molecule is CCCCCCCc1cnc(-c2ccc(OC(=O)C(C)C(Cl)CC)cc2)nc1. The average molecular weight is 403 g/mol. The maximum Gasteiger partial charge on any atom is 0.315 e. The molecule has 4 nitrogen and oxygen atoms in total. The highest BCUT2D eigenvalue weighted by Gasteiger charge is 2.22. The molecular weight excluding hydrogens is 372 g/mol. The lowest BCUT2D eigenvalue weighted by Crippen LogP contribution is -2.25. The van der Waals surface area contributed by atoms with Crippen LogP contribution in [0.2, 0.25) is 0 Å². The van der Waals surface area contributed by atoms with Gasteiger partial charge >= 0.3 is 5.97 Å². The topological polar surface area (TPSA) is 52.1 Å². The Morgan fingerprint density at radius 3 is 2.29 bits per heavy atom. The molecule has 0 aliphatic carbocycles. The summed E-state index contributed by atoms with van der Waals surface area (Å²) < 4.78 is 5.42. The summed E-state index contributed by atoms with van der Waals surface area (Å²) in [5.74, 6) is 0.524. The van der Waals surface area contributed by atoms with Gasteiger partial charge in [0.25, 0.3) is 0 Å². The van der Waals surface area contributed by atoms with Gasteiger partial charge in [0.1, 0.15) is 5.75 Å². The third-order valence-corrected chi connectivity index (χ3v) is 5.60. The molecule has 0 spiro atoms. The summed E-state index contributed by atoms with van der Waals surface area (Å²) >= 11 is 6.13. The fourth-order valence-corrected chi connectivity index (χ4v) is 3.05. The lowest BCUT2D eigenvalue weighted by atomic mass is 10.1. The van der Waals surface area contributed by atoms with Crippen molar-refractivity contribution < 1.29 is 9.53 Å². The Morgan fingerprint density at radius 1 is 1.04 bits per heavy atom. The Kier molecular flexibility index (Phi) is 9.42. The maximum absolute atomic E-state index is 12.1. The number of ether oxygens (including phenoxy) is 1. The predicted molar refractivity (Wildman–Crippen MR) is 115 cm³/mol. The molecule has 28 heavy (non-hydrogen) atoms. The van der Waals surface area contributed by atoms with Gasteiger partial charge < -0.3 is 4.74 Å². The van der Waals surface area contributed by atoms with Crippen molar-refractivity contribution in [1.82, 2.24) is 9.97 Å². The number of nitrogens with zero attached hydrogens (tertiary/aromatic N) is 2. The van der Waals surface area contributed by atoms with Crippen LogP contribution in [-0.2, 0) is 11.2 Å². The number of hydrogen-bond donors (Lipinski definition) is 0. The number of carbonyl (C=O) groups excluding carboxylic acids is 1. The molecule has 1 heterocycles. The van der Waals surface area contributed by atoms with Crippen molar-refractivity contribution in [2.24, 2.45) is 5.92 Å². The van der Waals surface area contributed by atoms with E-state index in [2.05, 4.69) is 16.9 Å². The van der Waals surface area contributed by atoms with Crippen LogP contribution in [0.3, 0.4) is 0 Å². The maximum atomic E-state index is 12.1. The fraction of sp³-hybridized carbons (Fsp3) is 0.522. The number of esters is 1. The van der Waals surface area contributed by atoms with Crippen LogP contribution in [0, 0.1) is 5.92 Å². The standard InChI is InChI=1S/C23H31ClN2O2/c1-4-6-7-8-9-10-18-15-25-22(26-16-18)19-11-13-20(14-12-19)28-23(27)17(3)21(24)5-2/h11-17,21H,4-10H2,1-3H3. The Hall–Kier alpha value is -1.94. The van der Waals surface area contributed by atoms with E-state index in [-0.39, 0.29) is 17.3 Å². The zero-order valence-electron chi connectivity index (χ0n) is 17.2. The van der Waals surface area contributed by atoms with Gasteiger partial charge in [-0.15, -0.1) is 11.6 Å². The van der Waals surface area contributed by atoms with Crippen molar-refractivity contribution in [2.75, 3.05) is 0 Å². The summed E-state index contributed by atoms with van der Waals surface area (Å²) in [5.41, 5.74) is 2.07. The van der Waals surface area contributed by atoms with Crippen molar-refractivity contribution in [3.63, 3.8) is 0 Å². The summed E-state index contributed by atoms with van der Waals surface area (Å²) in [5, 5.41) is -0.217.